The number of aryl methyl sites for hydroxylation is 3. The van der Waals surface area contributed by atoms with Gasteiger partial charge in [-0.15, -0.1) is 0 Å². The third kappa shape index (κ3) is 4.19. The van der Waals surface area contributed by atoms with Gasteiger partial charge >= 0.3 is 0 Å². The van der Waals surface area contributed by atoms with Crippen LogP contribution in [0.15, 0.2) is 35.1 Å². The first-order valence-corrected chi connectivity index (χ1v) is 11.0. The number of benzene rings is 1. The van der Waals surface area contributed by atoms with E-state index in [2.05, 4.69) is 29.1 Å². The Hall–Kier alpha value is -3.16. The van der Waals surface area contributed by atoms with Crippen molar-refractivity contribution in [2.75, 3.05) is 31.1 Å². The fourth-order valence-corrected chi connectivity index (χ4v) is 4.28. The molecule has 0 unspecified atom stereocenters. The van der Waals surface area contributed by atoms with E-state index in [1.165, 1.54) is 5.56 Å². The predicted octanol–water partition coefficient (Wildman–Crippen LogP) is 2.13. The van der Waals surface area contributed by atoms with Crippen molar-refractivity contribution in [3.63, 3.8) is 0 Å². The number of rotatable bonds is 6. The van der Waals surface area contributed by atoms with E-state index in [1.807, 2.05) is 30.0 Å². The molecular weight excluding hydrogens is 392 g/mol. The highest BCUT2D eigenvalue weighted by Gasteiger charge is 2.25. The standard InChI is InChI=1S/C23H30N6O2/c1-4-12-29-22(31)21-20(17(2)25-26(21)3)24-23(29)28-15-13-27(14-16-28)19(30)11-10-18-8-6-5-7-9-18/h5-9H,4,10-16H2,1-3H3. The molecule has 1 amide bonds. The quantitative estimate of drug-likeness (QED) is 0.608. The Labute approximate surface area is 182 Å². The molecule has 3 heterocycles. The van der Waals surface area contributed by atoms with E-state index in [4.69, 9.17) is 4.98 Å². The minimum Gasteiger partial charge on any atom is -0.339 e. The zero-order valence-electron chi connectivity index (χ0n) is 18.5. The van der Waals surface area contributed by atoms with Gasteiger partial charge in [0.05, 0.1) is 5.69 Å². The summed E-state index contributed by atoms with van der Waals surface area (Å²) >= 11 is 0. The van der Waals surface area contributed by atoms with E-state index in [-0.39, 0.29) is 11.5 Å². The molecular formula is C23H30N6O2. The molecule has 0 saturated carbocycles. The Morgan fingerprint density at radius 1 is 1.10 bits per heavy atom. The lowest BCUT2D eigenvalue weighted by Gasteiger charge is -2.36. The first kappa shape index (κ1) is 21.1. The summed E-state index contributed by atoms with van der Waals surface area (Å²) in [5.74, 6) is 0.868. The zero-order valence-corrected chi connectivity index (χ0v) is 18.5. The van der Waals surface area contributed by atoms with Gasteiger partial charge in [0.15, 0.2) is 5.52 Å². The van der Waals surface area contributed by atoms with Gasteiger partial charge in [-0.05, 0) is 25.3 Å². The Balaban J connectivity index is 1.49. The molecule has 1 aliphatic heterocycles. The number of amides is 1. The number of carbonyl (C=O) groups excluding carboxylic acids is 1. The average Bonchev–Trinajstić information content (AvgIpc) is 3.08. The molecule has 0 bridgehead atoms. The lowest BCUT2D eigenvalue weighted by atomic mass is 10.1. The Bertz CT molecular complexity index is 1130. The van der Waals surface area contributed by atoms with Crippen molar-refractivity contribution in [2.45, 2.75) is 39.7 Å². The second kappa shape index (κ2) is 8.91. The van der Waals surface area contributed by atoms with Gasteiger partial charge in [0.2, 0.25) is 11.9 Å². The summed E-state index contributed by atoms with van der Waals surface area (Å²) in [7, 11) is 1.79. The molecule has 1 fully saturated rings. The molecule has 1 saturated heterocycles. The number of aromatic nitrogens is 4. The number of nitrogens with zero attached hydrogens (tertiary/aromatic N) is 6. The van der Waals surface area contributed by atoms with Crippen LogP contribution in [0.2, 0.25) is 0 Å². The first-order valence-electron chi connectivity index (χ1n) is 11.0. The van der Waals surface area contributed by atoms with Crippen molar-refractivity contribution in [1.82, 2.24) is 24.2 Å². The highest BCUT2D eigenvalue weighted by molar-refractivity contribution is 5.78. The van der Waals surface area contributed by atoms with Crippen LogP contribution in [-0.4, -0.2) is 56.3 Å². The third-order valence-corrected chi connectivity index (χ3v) is 5.92. The van der Waals surface area contributed by atoms with Crippen molar-refractivity contribution >= 4 is 22.9 Å². The largest absolute Gasteiger partial charge is 0.339 e. The molecule has 0 N–H and O–H groups in total. The number of carbonyl (C=O) groups is 1. The molecule has 1 aliphatic rings. The normalized spacial score (nSPS) is 14.4. The van der Waals surface area contributed by atoms with Gasteiger partial charge < -0.3 is 9.80 Å². The van der Waals surface area contributed by atoms with Gasteiger partial charge in [-0.1, -0.05) is 37.3 Å². The SMILES string of the molecule is CCCn1c(N2CCN(C(=O)CCc3ccccc3)CC2)nc2c(C)nn(C)c2c1=O. The summed E-state index contributed by atoms with van der Waals surface area (Å²) in [6, 6.07) is 10.1. The highest BCUT2D eigenvalue weighted by Crippen LogP contribution is 2.19. The monoisotopic (exact) mass is 422 g/mol. The predicted molar refractivity (Wildman–Crippen MR) is 121 cm³/mol. The van der Waals surface area contributed by atoms with E-state index < -0.39 is 0 Å². The molecule has 8 nitrogen and oxygen atoms in total. The number of hydrogen-bond acceptors (Lipinski definition) is 5. The second-order valence-electron chi connectivity index (χ2n) is 8.13. The van der Waals surface area contributed by atoms with Crippen LogP contribution in [-0.2, 0) is 24.8 Å². The van der Waals surface area contributed by atoms with E-state index in [1.54, 1.807) is 16.3 Å². The van der Waals surface area contributed by atoms with E-state index >= 15 is 0 Å². The summed E-state index contributed by atoms with van der Waals surface area (Å²) in [6.45, 7) is 7.15. The summed E-state index contributed by atoms with van der Waals surface area (Å²) in [5, 5.41) is 4.39. The smallest absolute Gasteiger partial charge is 0.281 e. The fourth-order valence-electron chi connectivity index (χ4n) is 4.28. The van der Waals surface area contributed by atoms with Crippen molar-refractivity contribution in [3.8, 4) is 0 Å². The lowest BCUT2D eigenvalue weighted by Crippen LogP contribution is -2.50. The fraction of sp³-hybridized carbons (Fsp3) is 0.478. The van der Waals surface area contributed by atoms with Crippen LogP contribution >= 0.6 is 0 Å². The Morgan fingerprint density at radius 3 is 2.48 bits per heavy atom. The maximum absolute atomic E-state index is 13.2. The second-order valence-corrected chi connectivity index (χ2v) is 8.13. The van der Waals surface area contributed by atoms with Crippen LogP contribution in [0.5, 0.6) is 0 Å². The molecule has 4 rings (SSSR count). The lowest BCUT2D eigenvalue weighted by molar-refractivity contribution is -0.131. The Morgan fingerprint density at radius 2 is 1.81 bits per heavy atom. The van der Waals surface area contributed by atoms with Crippen LogP contribution in [0.3, 0.4) is 0 Å². The van der Waals surface area contributed by atoms with Crippen LogP contribution in [0.1, 0.15) is 31.0 Å². The average molecular weight is 423 g/mol. The number of hydrogen-bond donors (Lipinski definition) is 0. The summed E-state index contributed by atoms with van der Waals surface area (Å²) in [5.41, 5.74) is 3.10. The summed E-state index contributed by atoms with van der Waals surface area (Å²) in [6.07, 6.45) is 2.12. The molecule has 0 radical (unpaired) electrons. The maximum atomic E-state index is 13.2. The van der Waals surface area contributed by atoms with E-state index in [9.17, 15) is 9.59 Å². The Kier molecular flexibility index (Phi) is 6.06. The summed E-state index contributed by atoms with van der Waals surface area (Å²) < 4.78 is 3.38. The topological polar surface area (TPSA) is 76.3 Å². The third-order valence-electron chi connectivity index (χ3n) is 5.92. The van der Waals surface area contributed by atoms with Crippen LogP contribution < -0.4 is 10.5 Å². The van der Waals surface area contributed by atoms with Crippen molar-refractivity contribution in [1.29, 1.82) is 0 Å². The van der Waals surface area contributed by atoms with E-state index in [0.717, 1.165) is 18.5 Å². The molecule has 164 valence electrons. The van der Waals surface area contributed by atoms with Crippen molar-refractivity contribution in [2.24, 2.45) is 7.05 Å². The molecule has 8 heteroatoms. The molecule has 1 aromatic carbocycles. The van der Waals surface area contributed by atoms with Gasteiger partial charge in [0, 0.05) is 46.2 Å². The highest BCUT2D eigenvalue weighted by atomic mass is 16.2. The van der Waals surface area contributed by atoms with Crippen molar-refractivity contribution < 1.29 is 4.79 Å². The molecule has 0 aliphatic carbocycles. The van der Waals surface area contributed by atoms with Gasteiger partial charge in [0.1, 0.15) is 5.52 Å². The number of anilines is 1. The molecule has 0 spiro atoms. The van der Waals surface area contributed by atoms with Crippen LogP contribution in [0, 0.1) is 6.92 Å². The zero-order chi connectivity index (χ0) is 22.0. The van der Waals surface area contributed by atoms with Gasteiger partial charge in [0.25, 0.3) is 5.56 Å². The molecule has 2 aromatic heterocycles. The van der Waals surface area contributed by atoms with Crippen LogP contribution in [0.4, 0.5) is 5.95 Å². The maximum Gasteiger partial charge on any atom is 0.281 e. The van der Waals surface area contributed by atoms with Gasteiger partial charge in [-0.25, -0.2) is 4.98 Å². The van der Waals surface area contributed by atoms with Crippen LogP contribution in [0.25, 0.3) is 11.0 Å². The number of piperazine rings is 1. The molecule has 0 atom stereocenters. The van der Waals surface area contributed by atoms with Gasteiger partial charge in [-0.3, -0.25) is 18.8 Å². The van der Waals surface area contributed by atoms with Crippen molar-refractivity contribution in [3.05, 3.63) is 51.9 Å². The van der Waals surface area contributed by atoms with Gasteiger partial charge in [-0.2, -0.15) is 5.10 Å². The minimum absolute atomic E-state index is 0.0497. The minimum atomic E-state index is -0.0497. The van der Waals surface area contributed by atoms with E-state index in [0.29, 0.717) is 56.1 Å². The molecule has 3 aromatic rings. The summed E-state index contributed by atoms with van der Waals surface area (Å²) in [4.78, 5) is 34.8. The number of fused-ring (bicyclic) bond motifs is 1. The first-order chi connectivity index (χ1) is 15.0. The molecule has 31 heavy (non-hydrogen) atoms.